The van der Waals surface area contributed by atoms with E-state index in [1.54, 1.807) is 0 Å². The largest absolute Gasteiger partial charge is 0.464 e. The van der Waals surface area contributed by atoms with E-state index in [2.05, 4.69) is 28.0 Å². The minimum absolute atomic E-state index is 0.194. The number of aromatic nitrogens is 2. The van der Waals surface area contributed by atoms with Crippen molar-refractivity contribution in [1.82, 2.24) is 9.78 Å². The Morgan fingerprint density at radius 2 is 1.60 bits per heavy atom. The number of hydrogen-bond acceptors (Lipinski definition) is 6. The lowest BCUT2D eigenvalue weighted by Crippen LogP contribution is -2.44. The van der Waals surface area contributed by atoms with Crippen molar-refractivity contribution in [1.29, 1.82) is 0 Å². The van der Waals surface area contributed by atoms with Gasteiger partial charge in [-0.3, -0.25) is 9.69 Å². The maximum Gasteiger partial charge on any atom is 0.213 e. The molecule has 0 saturated carbocycles. The molecule has 8 rings (SSSR count). The Morgan fingerprint density at radius 1 is 0.881 bits per heavy atom. The maximum atomic E-state index is 14.3. The Morgan fingerprint density at radius 3 is 2.38 bits per heavy atom. The Hall–Kier alpha value is -5.50. The molecule has 204 valence electrons. The van der Waals surface area contributed by atoms with Gasteiger partial charge in [-0.05, 0) is 55.0 Å². The van der Waals surface area contributed by atoms with Crippen LogP contribution in [0.4, 0.5) is 21.6 Å². The molecule has 4 heterocycles. The summed E-state index contributed by atoms with van der Waals surface area (Å²) in [6, 6.07) is 31.5. The molecule has 0 saturated heterocycles. The Balaban J connectivity index is 1.42. The summed E-state index contributed by atoms with van der Waals surface area (Å²) >= 11 is 0. The van der Waals surface area contributed by atoms with Crippen LogP contribution in [-0.4, -0.2) is 15.7 Å². The number of guanidine groups is 1. The van der Waals surface area contributed by atoms with Gasteiger partial charge in [0.25, 0.3) is 0 Å². The number of halogens is 1. The van der Waals surface area contributed by atoms with Crippen molar-refractivity contribution in [2.45, 2.75) is 19.5 Å². The minimum Gasteiger partial charge on any atom is -0.464 e. The van der Waals surface area contributed by atoms with Gasteiger partial charge >= 0.3 is 0 Å². The topological polar surface area (TPSA) is 66.9 Å². The van der Waals surface area contributed by atoms with E-state index in [4.69, 9.17) is 14.5 Å². The van der Waals surface area contributed by atoms with Gasteiger partial charge in [0.05, 0.1) is 46.3 Å². The van der Waals surface area contributed by atoms with Crippen molar-refractivity contribution < 1.29 is 8.81 Å². The quantitative estimate of drug-likeness (QED) is 0.234. The average molecular weight is 554 g/mol. The van der Waals surface area contributed by atoms with Crippen LogP contribution >= 0.6 is 0 Å². The molecule has 2 aliphatic heterocycles. The molecule has 8 heteroatoms. The Kier molecular flexibility index (Phi) is 5.37. The zero-order valence-electron chi connectivity index (χ0n) is 22.6. The van der Waals surface area contributed by atoms with Crippen LogP contribution in [0.15, 0.2) is 124 Å². The highest BCUT2D eigenvalue weighted by molar-refractivity contribution is 6.18. The molecule has 7 nitrogen and oxygen atoms in total. The number of nitrogens with zero attached hydrogens (tertiary/aromatic N) is 5. The van der Waals surface area contributed by atoms with E-state index in [0.717, 1.165) is 33.9 Å². The van der Waals surface area contributed by atoms with Gasteiger partial charge in [-0.25, -0.2) is 9.07 Å². The Bertz CT molecular complexity index is 2080. The zero-order valence-corrected chi connectivity index (χ0v) is 22.6. The summed E-state index contributed by atoms with van der Waals surface area (Å²) in [5.41, 5.74) is 5.81. The van der Waals surface area contributed by atoms with Gasteiger partial charge in [-0.15, -0.1) is 0 Å². The number of fused-ring (bicyclic) bond motifs is 5. The SMILES string of the molecule is Cc1nn(-c2ccccc2)c2c1C(c1coc3ccc(F)cc3c1=O)N1C(=N2)N(Cc2ccccc2)c2ccccc21. The third-order valence-corrected chi connectivity index (χ3v) is 7.95. The van der Waals surface area contributed by atoms with Crippen LogP contribution in [0, 0.1) is 12.7 Å². The minimum atomic E-state index is -0.615. The van der Waals surface area contributed by atoms with E-state index in [-0.39, 0.29) is 10.8 Å². The fourth-order valence-corrected chi connectivity index (χ4v) is 6.06. The third kappa shape index (κ3) is 3.61. The molecule has 0 amide bonds. The van der Waals surface area contributed by atoms with Gasteiger partial charge < -0.3 is 9.32 Å². The van der Waals surface area contributed by atoms with Crippen LogP contribution in [0.5, 0.6) is 0 Å². The highest BCUT2D eigenvalue weighted by Gasteiger charge is 2.45. The molecule has 1 atom stereocenters. The van der Waals surface area contributed by atoms with Gasteiger partial charge in [-0.1, -0.05) is 60.7 Å². The first-order valence-corrected chi connectivity index (χ1v) is 13.7. The summed E-state index contributed by atoms with van der Waals surface area (Å²) < 4.78 is 22.1. The highest BCUT2D eigenvalue weighted by atomic mass is 19.1. The van der Waals surface area contributed by atoms with Crippen molar-refractivity contribution in [2.75, 3.05) is 9.80 Å². The van der Waals surface area contributed by atoms with E-state index in [1.165, 1.54) is 24.5 Å². The lowest BCUT2D eigenvalue weighted by Gasteiger charge is -2.34. The van der Waals surface area contributed by atoms with E-state index in [9.17, 15) is 9.18 Å². The van der Waals surface area contributed by atoms with E-state index >= 15 is 0 Å². The number of para-hydroxylation sites is 3. The van der Waals surface area contributed by atoms with Gasteiger partial charge in [0.2, 0.25) is 5.96 Å². The van der Waals surface area contributed by atoms with Gasteiger partial charge in [-0.2, -0.15) is 10.1 Å². The lowest BCUT2D eigenvalue weighted by atomic mass is 9.95. The first-order chi connectivity index (χ1) is 20.6. The predicted octanol–water partition coefficient (Wildman–Crippen LogP) is 7.04. The van der Waals surface area contributed by atoms with Crippen LogP contribution in [0.1, 0.15) is 28.4 Å². The molecular weight excluding hydrogens is 529 g/mol. The smallest absolute Gasteiger partial charge is 0.213 e. The van der Waals surface area contributed by atoms with Gasteiger partial charge in [0.15, 0.2) is 11.2 Å². The zero-order chi connectivity index (χ0) is 28.4. The molecule has 4 aromatic carbocycles. The maximum absolute atomic E-state index is 14.3. The summed E-state index contributed by atoms with van der Waals surface area (Å²) in [4.78, 5) is 23.6. The summed E-state index contributed by atoms with van der Waals surface area (Å²) in [5, 5.41) is 5.10. The van der Waals surface area contributed by atoms with Crippen LogP contribution in [0.25, 0.3) is 16.7 Å². The number of benzene rings is 4. The number of rotatable bonds is 4. The van der Waals surface area contributed by atoms with Crippen molar-refractivity contribution in [3.05, 3.63) is 148 Å². The fraction of sp³-hybridized carbons (Fsp3) is 0.0882. The Labute approximate surface area is 240 Å². The van der Waals surface area contributed by atoms with Crippen LogP contribution in [0.2, 0.25) is 0 Å². The fourth-order valence-electron chi connectivity index (χ4n) is 6.06. The van der Waals surface area contributed by atoms with E-state index in [1.807, 2.05) is 78.3 Å². The molecule has 2 aromatic heterocycles. The molecule has 0 fully saturated rings. The van der Waals surface area contributed by atoms with Crippen molar-refractivity contribution in [2.24, 2.45) is 4.99 Å². The molecule has 2 aliphatic rings. The van der Waals surface area contributed by atoms with Gasteiger partial charge in [0, 0.05) is 5.56 Å². The predicted molar refractivity (Wildman–Crippen MR) is 161 cm³/mol. The second-order valence-corrected chi connectivity index (χ2v) is 10.5. The monoisotopic (exact) mass is 553 g/mol. The van der Waals surface area contributed by atoms with Crippen LogP contribution in [-0.2, 0) is 6.54 Å². The lowest BCUT2D eigenvalue weighted by molar-refractivity contribution is 0.581. The first kappa shape index (κ1) is 24.3. The van der Waals surface area contributed by atoms with Crippen molar-refractivity contribution in [3.63, 3.8) is 0 Å². The summed E-state index contributed by atoms with van der Waals surface area (Å²) in [6.45, 7) is 2.50. The second-order valence-electron chi connectivity index (χ2n) is 10.5. The molecule has 42 heavy (non-hydrogen) atoms. The number of aliphatic imine (C=N–C) groups is 1. The number of anilines is 2. The van der Waals surface area contributed by atoms with Crippen LogP contribution < -0.4 is 15.2 Å². The molecule has 6 aromatic rings. The average Bonchev–Trinajstić information content (AvgIpc) is 3.52. The third-order valence-electron chi connectivity index (χ3n) is 7.95. The number of hydrogen-bond donors (Lipinski definition) is 0. The van der Waals surface area contributed by atoms with Crippen molar-refractivity contribution >= 4 is 34.1 Å². The molecule has 0 aliphatic carbocycles. The highest BCUT2D eigenvalue weighted by Crippen LogP contribution is 2.50. The second kappa shape index (κ2) is 9.27. The van der Waals surface area contributed by atoms with Crippen molar-refractivity contribution in [3.8, 4) is 5.69 Å². The molecule has 0 radical (unpaired) electrons. The molecule has 1 unspecified atom stereocenters. The van der Waals surface area contributed by atoms with Crippen LogP contribution in [0.3, 0.4) is 0 Å². The number of aryl methyl sites for hydroxylation is 1. The molecule has 0 N–H and O–H groups in total. The normalized spacial score (nSPS) is 15.4. The summed E-state index contributed by atoms with van der Waals surface area (Å²) in [5.74, 6) is 0.820. The van der Waals surface area contributed by atoms with Gasteiger partial charge in [0.1, 0.15) is 17.7 Å². The van der Waals surface area contributed by atoms with E-state index in [0.29, 0.717) is 29.5 Å². The standard InChI is InChI=1S/C34H24FN5O2/c1-21-30-31(26-20-42-29-17-16-23(35)18-25(29)32(26)41)39-28-15-9-8-14-27(28)38(19-22-10-4-2-5-11-22)34(39)36-33(30)40(37-21)24-12-6-3-7-13-24/h2-18,20,31H,19H2,1H3. The van der Waals surface area contributed by atoms with E-state index < -0.39 is 11.9 Å². The molecular formula is C34H24FN5O2. The molecule has 0 spiro atoms. The summed E-state index contributed by atoms with van der Waals surface area (Å²) in [7, 11) is 0. The first-order valence-electron chi connectivity index (χ1n) is 13.7. The molecule has 0 bridgehead atoms. The summed E-state index contributed by atoms with van der Waals surface area (Å²) in [6.07, 6.45) is 1.50.